The second-order valence-corrected chi connectivity index (χ2v) is 9.04. The molecule has 1 saturated heterocycles. The minimum atomic E-state index is -0.701. The van der Waals surface area contributed by atoms with Gasteiger partial charge in [-0.3, -0.25) is 0 Å². The zero-order valence-electron chi connectivity index (χ0n) is 18.4. The highest BCUT2D eigenvalue weighted by Crippen LogP contribution is 2.42. The fraction of sp³-hybridized carbons (Fsp3) is 0.760. The molecule has 0 bridgehead atoms. The summed E-state index contributed by atoms with van der Waals surface area (Å²) < 4.78 is 11.9. The largest absolute Gasteiger partial charge is 0.496 e. The molecule has 2 aliphatic rings. The van der Waals surface area contributed by atoms with Gasteiger partial charge in [0.15, 0.2) is 6.29 Å². The topological polar surface area (TPSA) is 38.7 Å². The predicted molar refractivity (Wildman–Crippen MR) is 115 cm³/mol. The molecule has 158 valence electrons. The molecule has 1 aliphatic carbocycles. The molecule has 3 unspecified atom stereocenters. The van der Waals surface area contributed by atoms with Crippen molar-refractivity contribution in [1.29, 1.82) is 0 Å². The van der Waals surface area contributed by atoms with Crippen LogP contribution < -0.4 is 4.74 Å². The van der Waals surface area contributed by atoms with Crippen molar-refractivity contribution in [3.05, 3.63) is 28.8 Å². The van der Waals surface area contributed by atoms with Gasteiger partial charge in [-0.25, -0.2) is 0 Å². The number of rotatable bonds is 7. The van der Waals surface area contributed by atoms with E-state index in [1.54, 1.807) is 7.11 Å². The molecule has 0 spiro atoms. The molecule has 1 aromatic rings. The van der Waals surface area contributed by atoms with Gasteiger partial charge in [0.2, 0.25) is 0 Å². The van der Waals surface area contributed by atoms with E-state index in [1.807, 2.05) is 0 Å². The molecule has 1 aliphatic heterocycles. The number of aliphatic hydroxyl groups is 1. The molecule has 0 radical (unpaired) electrons. The van der Waals surface area contributed by atoms with Crippen molar-refractivity contribution in [2.75, 3.05) is 7.11 Å². The molecule has 0 amide bonds. The Bertz CT molecular complexity index is 618. The molecule has 1 N–H and O–H groups in total. The van der Waals surface area contributed by atoms with Gasteiger partial charge in [-0.2, -0.15) is 0 Å². The summed E-state index contributed by atoms with van der Waals surface area (Å²) in [5.41, 5.74) is 3.62. The molecule has 3 rings (SSSR count). The molecule has 1 saturated carbocycles. The first kappa shape index (κ1) is 21.6. The minimum Gasteiger partial charge on any atom is -0.496 e. The van der Waals surface area contributed by atoms with Crippen LogP contribution in [0.1, 0.15) is 94.2 Å². The lowest BCUT2D eigenvalue weighted by Gasteiger charge is -2.40. The van der Waals surface area contributed by atoms with Crippen molar-refractivity contribution >= 4 is 0 Å². The predicted octanol–water partition coefficient (Wildman–Crippen LogP) is 6.14. The fourth-order valence-corrected chi connectivity index (χ4v) is 5.66. The van der Waals surface area contributed by atoms with E-state index in [9.17, 15) is 5.11 Å². The van der Waals surface area contributed by atoms with E-state index in [2.05, 4.69) is 32.9 Å². The first-order valence-electron chi connectivity index (χ1n) is 11.6. The van der Waals surface area contributed by atoms with Crippen LogP contribution in [-0.2, 0) is 11.2 Å². The van der Waals surface area contributed by atoms with E-state index < -0.39 is 6.29 Å². The van der Waals surface area contributed by atoms with Crippen LogP contribution >= 0.6 is 0 Å². The highest BCUT2D eigenvalue weighted by molar-refractivity contribution is 5.47. The average molecular weight is 389 g/mol. The monoisotopic (exact) mass is 388 g/mol. The Hall–Kier alpha value is -1.06. The summed E-state index contributed by atoms with van der Waals surface area (Å²) in [6.45, 7) is 6.61. The Kier molecular flexibility index (Phi) is 7.82. The lowest BCUT2D eigenvalue weighted by atomic mass is 9.75. The third-order valence-electron chi connectivity index (χ3n) is 7.19. The van der Waals surface area contributed by atoms with Gasteiger partial charge in [-0.05, 0) is 67.6 Å². The van der Waals surface area contributed by atoms with E-state index >= 15 is 0 Å². The summed E-state index contributed by atoms with van der Waals surface area (Å²) in [6, 6.07) is 4.37. The average Bonchev–Trinajstić information content (AvgIpc) is 2.70. The normalized spacial score (nSPS) is 31.0. The van der Waals surface area contributed by atoms with Gasteiger partial charge in [0.05, 0.1) is 13.2 Å². The van der Waals surface area contributed by atoms with Gasteiger partial charge in [-0.15, -0.1) is 0 Å². The Morgan fingerprint density at radius 2 is 1.79 bits per heavy atom. The van der Waals surface area contributed by atoms with Gasteiger partial charge in [0.25, 0.3) is 0 Å². The summed E-state index contributed by atoms with van der Waals surface area (Å²) in [4.78, 5) is 0. The van der Waals surface area contributed by atoms with Crippen LogP contribution in [0.3, 0.4) is 0 Å². The third kappa shape index (κ3) is 4.74. The van der Waals surface area contributed by atoms with Crippen LogP contribution in [0.15, 0.2) is 12.1 Å². The second kappa shape index (κ2) is 10.1. The quantitative estimate of drug-likeness (QED) is 0.609. The van der Waals surface area contributed by atoms with Crippen LogP contribution in [0.2, 0.25) is 0 Å². The summed E-state index contributed by atoms with van der Waals surface area (Å²) in [5.74, 6) is 2.59. The van der Waals surface area contributed by atoms with Crippen LogP contribution in [0, 0.1) is 18.8 Å². The van der Waals surface area contributed by atoms with E-state index in [-0.39, 0.29) is 12.0 Å². The van der Waals surface area contributed by atoms with Gasteiger partial charge >= 0.3 is 0 Å². The molecule has 2 fully saturated rings. The SMILES string of the molecule is CCCc1ccc(C2CCC(C3CCC(CCC)CC3)OC2O)c(C)c1OC. The van der Waals surface area contributed by atoms with Crippen LogP contribution in [-0.4, -0.2) is 24.6 Å². The Morgan fingerprint density at radius 3 is 2.39 bits per heavy atom. The maximum absolute atomic E-state index is 10.9. The Balaban J connectivity index is 1.64. The molecule has 3 heteroatoms. The lowest BCUT2D eigenvalue weighted by Crippen LogP contribution is -2.39. The minimum absolute atomic E-state index is 0.0530. The number of ether oxygens (including phenoxy) is 2. The summed E-state index contributed by atoms with van der Waals surface area (Å²) in [5, 5.41) is 10.9. The van der Waals surface area contributed by atoms with E-state index in [4.69, 9.17) is 9.47 Å². The lowest BCUT2D eigenvalue weighted by molar-refractivity contribution is -0.192. The van der Waals surface area contributed by atoms with Crippen molar-refractivity contribution in [2.24, 2.45) is 11.8 Å². The second-order valence-electron chi connectivity index (χ2n) is 9.04. The van der Waals surface area contributed by atoms with Gasteiger partial charge in [0.1, 0.15) is 5.75 Å². The molecule has 1 heterocycles. The van der Waals surface area contributed by atoms with Crippen molar-refractivity contribution in [1.82, 2.24) is 0 Å². The number of hydrogen-bond donors (Lipinski definition) is 1. The number of methoxy groups -OCH3 is 1. The standard InChI is InChI=1S/C25H40O3/c1-5-7-18-9-11-19(12-10-18)23-16-15-22(25(26)28-23)21-14-13-20(8-6-2)24(27-4)17(21)3/h13-14,18-19,22-23,25-26H,5-12,15-16H2,1-4H3. The maximum Gasteiger partial charge on any atom is 0.161 e. The molecule has 3 nitrogen and oxygen atoms in total. The van der Waals surface area contributed by atoms with Crippen molar-refractivity contribution < 1.29 is 14.6 Å². The molecular formula is C25H40O3. The zero-order chi connectivity index (χ0) is 20.1. The first-order valence-corrected chi connectivity index (χ1v) is 11.6. The van der Waals surface area contributed by atoms with Gasteiger partial charge in [0, 0.05) is 5.92 Å². The number of aryl methyl sites for hydroxylation is 1. The zero-order valence-corrected chi connectivity index (χ0v) is 18.4. The summed E-state index contributed by atoms with van der Waals surface area (Å²) in [7, 11) is 1.75. The molecule has 0 aromatic heterocycles. The van der Waals surface area contributed by atoms with Crippen molar-refractivity contribution in [2.45, 2.75) is 103 Å². The number of hydrogen-bond acceptors (Lipinski definition) is 3. The fourth-order valence-electron chi connectivity index (χ4n) is 5.66. The summed E-state index contributed by atoms with van der Waals surface area (Å²) >= 11 is 0. The van der Waals surface area contributed by atoms with Crippen LogP contribution in [0.4, 0.5) is 0 Å². The molecule has 1 aromatic carbocycles. The number of aliphatic hydroxyl groups excluding tert-OH is 1. The first-order chi connectivity index (χ1) is 13.6. The van der Waals surface area contributed by atoms with Gasteiger partial charge in [-0.1, -0.05) is 58.1 Å². The Morgan fingerprint density at radius 1 is 1.04 bits per heavy atom. The van der Waals surface area contributed by atoms with Crippen molar-refractivity contribution in [3.63, 3.8) is 0 Å². The van der Waals surface area contributed by atoms with E-state index in [0.717, 1.165) is 37.4 Å². The number of benzene rings is 1. The third-order valence-corrected chi connectivity index (χ3v) is 7.19. The molecular weight excluding hydrogens is 348 g/mol. The maximum atomic E-state index is 10.9. The molecule has 28 heavy (non-hydrogen) atoms. The smallest absolute Gasteiger partial charge is 0.161 e. The van der Waals surface area contributed by atoms with Crippen molar-refractivity contribution in [3.8, 4) is 5.75 Å². The summed E-state index contributed by atoms with van der Waals surface area (Å²) in [6.07, 6.45) is 11.6. The van der Waals surface area contributed by atoms with E-state index in [0.29, 0.717) is 5.92 Å². The van der Waals surface area contributed by atoms with Gasteiger partial charge < -0.3 is 14.6 Å². The molecule has 3 atom stereocenters. The highest BCUT2D eigenvalue weighted by atomic mass is 16.6. The van der Waals surface area contributed by atoms with E-state index in [1.165, 1.54) is 55.2 Å². The highest BCUT2D eigenvalue weighted by Gasteiger charge is 2.37. The van der Waals surface area contributed by atoms with Crippen LogP contribution in [0.5, 0.6) is 5.75 Å². The van der Waals surface area contributed by atoms with Crippen LogP contribution in [0.25, 0.3) is 0 Å². The Labute approximate surface area is 171 Å².